The van der Waals surface area contributed by atoms with Gasteiger partial charge in [0.15, 0.2) is 5.78 Å². The maximum absolute atomic E-state index is 11.2. The molecule has 0 aromatic carbocycles. The Hall–Kier alpha value is -1.52. The predicted octanol–water partition coefficient (Wildman–Crippen LogP) is 0.771. The Balaban J connectivity index is 2.76. The molecule has 0 aliphatic carbocycles. The smallest absolute Gasteiger partial charge is 0.407 e. The van der Waals surface area contributed by atoms with E-state index in [2.05, 4.69) is 0 Å². The summed E-state index contributed by atoms with van der Waals surface area (Å²) in [5, 5.41) is 17.4. The van der Waals surface area contributed by atoms with Crippen LogP contribution in [0.3, 0.4) is 0 Å². The van der Waals surface area contributed by atoms with E-state index in [-0.39, 0.29) is 17.9 Å². The lowest BCUT2D eigenvalue weighted by Crippen LogP contribution is -2.31. The van der Waals surface area contributed by atoms with E-state index in [9.17, 15) is 9.59 Å². The third-order valence-corrected chi connectivity index (χ3v) is 1.98. The van der Waals surface area contributed by atoms with Crippen molar-refractivity contribution in [2.45, 2.75) is 12.8 Å². The van der Waals surface area contributed by atoms with Gasteiger partial charge in [0.05, 0.1) is 12.8 Å². The van der Waals surface area contributed by atoms with E-state index in [0.29, 0.717) is 25.6 Å². The zero-order valence-corrected chi connectivity index (χ0v) is 7.06. The largest absolute Gasteiger partial charge is 0.515 e. The Morgan fingerprint density at radius 1 is 1.54 bits per heavy atom. The van der Waals surface area contributed by atoms with Crippen LogP contribution in [0, 0.1) is 0 Å². The minimum absolute atomic E-state index is 0.00926. The fraction of sp³-hybridized carbons (Fsp3) is 0.500. The molecule has 0 radical (unpaired) electrons. The number of carbonyl (C=O) groups is 2. The van der Waals surface area contributed by atoms with Crippen LogP contribution in [0.25, 0.3) is 0 Å². The fourth-order valence-corrected chi connectivity index (χ4v) is 1.24. The van der Waals surface area contributed by atoms with Gasteiger partial charge in [0.1, 0.15) is 0 Å². The van der Waals surface area contributed by atoms with Crippen LogP contribution < -0.4 is 0 Å². The fourth-order valence-electron chi connectivity index (χ4n) is 1.24. The van der Waals surface area contributed by atoms with Gasteiger partial charge in [-0.3, -0.25) is 4.79 Å². The summed E-state index contributed by atoms with van der Waals surface area (Å²) in [6.07, 6.45) is 0.455. The van der Waals surface area contributed by atoms with E-state index in [1.165, 1.54) is 0 Å². The van der Waals surface area contributed by atoms with E-state index in [1.807, 2.05) is 0 Å². The summed E-state index contributed by atoms with van der Waals surface area (Å²) in [7, 11) is 0. The number of aliphatic hydroxyl groups is 1. The third-order valence-electron chi connectivity index (χ3n) is 1.98. The number of ketones is 1. The molecule has 1 heterocycles. The molecule has 1 saturated heterocycles. The van der Waals surface area contributed by atoms with Gasteiger partial charge >= 0.3 is 6.09 Å². The highest BCUT2D eigenvalue weighted by Crippen LogP contribution is 2.11. The molecule has 1 fully saturated rings. The molecule has 0 saturated carbocycles. The molecule has 1 rings (SSSR count). The molecular weight excluding hydrogens is 174 g/mol. The number of aliphatic hydroxyl groups excluding tert-OH is 1. The highest BCUT2D eigenvalue weighted by Gasteiger charge is 2.21. The third kappa shape index (κ3) is 2.21. The van der Waals surface area contributed by atoms with E-state index < -0.39 is 6.09 Å². The molecule has 2 N–H and O–H groups in total. The minimum Gasteiger partial charge on any atom is -0.515 e. The standard InChI is InChI=1S/C8H11NO4/c10-5-6-4-9(8(12)13)3-1-2-7(6)11/h5,10H,1-4H2,(H,12,13). The van der Waals surface area contributed by atoms with Crippen molar-refractivity contribution in [3.8, 4) is 0 Å². The van der Waals surface area contributed by atoms with Crippen LogP contribution >= 0.6 is 0 Å². The average Bonchev–Trinajstić information content (AvgIpc) is 2.27. The molecule has 0 aromatic heterocycles. The number of hydrogen-bond donors (Lipinski definition) is 2. The van der Waals surface area contributed by atoms with Gasteiger partial charge in [0, 0.05) is 18.5 Å². The second-order valence-electron chi connectivity index (χ2n) is 2.89. The zero-order valence-electron chi connectivity index (χ0n) is 7.06. The molecule has 0 unspecified atom stereocenters. The number of rotatable bonds is 0. The first-order chi connectivity index (χ1) is 6.15. The molecule has 72 valence electrons. The summed E-state index contributed by atoms with van der Waals surface area (Å²) in [5.74, 6) is -0.175. The molecule has 1 aliphatic rings. The van der Waals surface area contributed by atoms with Crippen LogP contribution in [0.4, 0.5) is 4.79 Å². The average molecular weight is 185 g/mol. The lowest BCUT2D eigenvalue weighted by atomic mass is 10.1. The minimum atomic E-state index is -1.06. The Bertz CT molecular complexity index is 259. The Labute approximate surface area is 75.3 Å². The number of carboxylic acid groups (broad SMARTS) is 1. The summed E-state index contributed by atoms with van der Waals surface area (Å²) in [4.78, 5) is 22.9. The van der Waals surface area contributed by atoms with Gasteiger partial charge in [-0.05, 0) is 6.42 Å². The predicted molar refractivity (Wildman–Crippen MR) is 44.6 cm³/mol. The first kappa shape index (κ1) is 9.57. The van der Waals surface area contributed by atoms with Gasteiger partial charge < -0.3 is 15.1 Å². The van der Waals surface area contributed by atoms with Crippen molar-refractivity contribution in [1.29, 1.82) is 0 Å². The Morgan fingerprint density at radius 2 is 2.23 bits per heavy atom. The molecule has 0 spiro atoms. The molecular formula is C8H11NO4. The van der Waals surface area contributed by atoms with E-state index >= 15 is 0 Å². The summed E-state index contributed by atoms with van der Waals surface area (Å²) in [6.45, 7) is 0.336. The molecule has 1 amide bonds. The van der Waals surface area contributed by atoms with Crippen molar-refractivity contribution < 1.29 is 19.8 Å². The van der Waals surface area contributed by atoms with E-state index in [0.717, 1.165) is 4.90 Å². The van der Waals surface area contributed by atoms with Crippen molar-refractivity contribution >= 4 is 11.9 Å². The Morgan fingerprint density at radius 3 is 2.77 bits per heavy atom. The number of carbonyl (C=O) groups excluding carboxylic acids is 1. The summed E-state index contributed by atoms with van der Waals surface area (Å²) in [5.41, 5.74) is 0.167. The topological polar surface area (TPSA) is 77.8 Å². The molecule has 0 aromatic rings. The lowest BCUT2D eigenvalue weighted by Gasteiger charge is -2.15. The first-order valence-electron chi connectivity index (χ1n) is 3.99. The number of nitrogens with zero attached hydrogens (tertiary/aromatic N) is 1. The van der Waals surface area contributed by atoms with Gasteiger partial charge in [-0.2, -0.15) is 0 Å². The van der Waals surface area contributed by atoms with Crippen molar-refractivity contribution in [3.63, 3.8) is 0 Å². The van der Waals surface area contributed by atoms with Gasteiger partial charge in [0.2, 0.25) is 0 Å². The number of hydrogen-bond acceptors (Lipinski definition) is 3. The molecule has 0 bridgehead atoms. The van der Waals surface area contributed by atoms with Crippen LogP contribution in [0.15, 0.2) is 11.8 Å². The van der Waals surface area contributed by atoms with Crippen LogP contribution in [0.5, 0.6) is 0 Å². The van der Waals surface area contributed by atoms with Gasteiger partial charge in [-0.25, -0.2) is 4.79 Å². The maximum atomic E-state index is 11.2. The SMILES string of the molecule is O=C1CCCN(C(=O)O)CC1=CO. The molecule has 13 heavy (non-hydrogen) atoms. The van der Waals surface area contributed by atoms with Crippen LogP contribution in [-0.2, 0) is 4.79 Å². The number of Topliss-reactive ketones (excluding diaryl/α,β-unsaturated/α-hetero) is 1. The zero-order chi connectivity index (χ0) is 9.84. The summed E-state index contributed by atoms with van der Waals surface area (Å²) >= 11 is 0. The molecule has 5 heteroatoms. The van der Waals surface area contributed by atoms with Crippen molar-refractivity contribution in [3.05, 3.63) is 11.8 Å². The summed E-state index contributed by atoms with van der Waals surface area (Å²) in [6, 6.07) is 0. The normalized spacial score (nSPS) is 21.7. The summed E-state index contributed by atoms with van der Waals surface area (Å²) < 4.78 is 0. The van der Waals surface area contributed by atoms with Gasteiger partial charge in [0.25, 0.3) is 0 Å². The van der Waals surface area contributed by atoms with Gasteiger partial charge in [-0.1, -0.05) is 0 Å². The number of likely N-dealkylation sites (tertiary alicyclic amines) is 1. The molecule has 0 atom stereocenters. The van der Waals surface area contributed by atoms with Crippen LogP contribution in [-0.4, -0.2) is 40.1 Å². The monoisotopic (exact) mass is 185 g/mol. The second-order valence-corrected chi connectivity index (χ2v) is 2.89. The van der Waals surface area contributed by atoms with Crippen LogP contribution in [0.1, 0.15) is 12.8 Å². The number of amides is 1. The van der Waals surface area contributed by atoms with Gasteiger partial charge in [-0.15, -0.1) is 0 Å². The van der Waals surface area contributed by atoms with E-state index in [4.69, 9.17) is 10.2 Å². The quantitative estimate of drug-likeness (QED) is 0.431. The van der Waals surface area contributed by atoms with Crippen molar-refractivity contribution in [2.24, 2.45) is 0 Å². The molecule has 5 nitrogen and oxygen atoms in total. The molecule has 1 aliphatic heterocycles. The van der Waals surface area contributed by atoms with Crippen molar-refractivity contribution in [2.75, 3.05) is 13.1 Å². The van der Waals surface area contributed by atoms with E-state index in [1.54, 1.807) is 0 Å². The highest BCUT2D eigenvalue weighted by atomic mass is 16.4. The lowest BCUT2D eigenvalue weighted by molar-refractivity contribution is -0.115. The van der Waals surface area contributed by atoms with Crippen molar-refractivity contribution in [1.82, 2.24) is 4.90 Å². The second kappa shape index (κ2) is 3.93. The van der Waals surface area contributed by atoms with Crippen LogP contribution in [0.2, 0.25) is 0 Å². The maximum Gasteiger partial charge on any atom is 0.407 e. The first-order valence-corrected chi connectivity index (χ1v) is 3.99. The Kier molecular flexibility index (Phi) is 2.89. The highest BCUT2D eigenvalue weighted by molar-refractivity contribution is 5.96.